The topological polar surface area (TPSA) is 84.7 Å². The van der Waals surface area contributed by atoms with E-state index in [2.05, 4.69) is 38.2 Å². The molecule has 142 valence electrons. The minimum atomic E-state index is -0.304. The van der Waals surface area contributed by atoms with E-state index in [0.29, 0.717) is 31.2 Å². The van der Waals surface area contributed by atoms with Crippen molar-refractivity contribution in [3.05, 3.63) is 11.8 Å². The summed E-state index contributed by atoms with van der Waals surface area (Å²) in [4.78, 5) is 26.3. The molecule has 1 atom stereocenters. The van der Waals surface area contributed by atoms with Crippen LogP contribution in [-0.4, -0.2) is 48.7 Å². The average molecular weight is 353 g/mol. The fourth-order valence-electron chi connectivity index (χ4n) is 2.82. The lowest BCUT2D eigenvalue weighted by molar-refractivity contribution is -0.136. The molecule has 0 spiro atoms. The van der Waals surface area contributed by atoms with Gasteiger partial charge in [-0.15, -0.1) is 0 Å². The fraction of sp³-hybridized carbons (Fsp3) is 0.722. The number of anilines is 1. The van der Waals surface area contributed by atoms with Gasteiger partial charge in [-0.25, -0.2) is 0 Å². The Morgan fingerprint density at radius 3 is 2.60 bits per heavy atom. The predicted molar refractivity (Wildman–Crippen MR) is 96.2 cm³/mol. The standard InChI is InChI=1S/C18H31N3O4/c1-13(11-18(3,4)5)9-17(23)21(7-8-24-6)12-16(22)19-15-10-14(2)25-20-15/h10,13H,7-9,11-12H2,1-6H3,(H,19,20,22). The minimum Gasteiger partial charge on any atom is -0.383 e. The number of carbonyl (C=O) groups excluding carboxylic acids is 2. The molecule has 7 nitrogen and oxygen atoms in total. The molecule has 2 amide bonds. The van der Waals surface area contributed by atoms with Crippen molar-refractivity contribution in [1.82, 2.24) is 10.1 Å². The molecule has 1 aromatic rings. The lowest BCUT2D eigenvalue weighted by Gasteiger charge is -2.26. The van der Waals surface area contributed by atoms with Crippen molar-refractivity contribution in [2.45, 2.75) is 47.5 Å². The van der Waals surface area contributed by atoms with E-state index in [1.807, 2.05) is 0 Å². The van der Waals surface area contributed by atoms with E-state index in [0.717, 1.165) is 6.42 Å². The molecule has 1 heterocycles. The summed E-state index contributed by atoms with van der Waals surface area (Å²) in [5.41, 5.74) is 0.166. The third kappa shape index (κ3) is 8.67. The normalized spacial score (nSPS) is 12.7. The van der Waals surface area contributed by atoms with Crippen molar-refractivity contribution in [2.24, 2.45) is 11.3 Å². The highest BCUT2D eigenvalue weighted by atomic mass is 16.5. The molecule has 1 rings (SSSR count). The van der Waals surface area contributed by atoms with Gasteiger partial charge in [0.2, 0.25) is 11.8 Å². The van der Waals surface area contributed by atoms with Crippen LogP contribution in [0.1, 0.15) is 46.3 Å². The van der Waals surface area contributed by atoms with Crippen molar-refractivity contribution in [3.8, 4) is 0 Å². The molecule has 25 heavy (non-hydrogen) atoms. The van der Waals surface area contributed by atoms with Crippen molar-refractivity contribution in [3.63, 3.8) is 0 Å². The van der Waals surface area contributed by atoms with Crippen LogP contribution in [0.15, 0.2) is 10.6 Å². The van der Waals surface area contributed by atoms with Crippen LogP contribution in [-0.2, 0) is 14.3 Å². The zero-order valence-corrected chi connectivity index (χ0v) is 16.2. The molecule has 1 aromatic heterocycles. The second-order valence-corrected chi connectivity index (χ2v) is 7.75. The molecule has 1 unspecified atom stereocenters. The van der Waals surface area contributed by atoms with Gasteiger partial charge in [0.05, 0.1) is 13.2 Å². The maximum Gasteiger partial charge on any atom is 0.245 e. The van der Waals surface area contributed by atoms with E-state index in [-0.39, 0.29) is 29.7 Å². The van der Waals surface area contributed by atoms with Crippen LogP contribution in [0, 0.1) is 18.3 Å². The SMILES string of the molecule is COCCN(CC(=O)Nc1cc(C)on1)C(=O)CC(C)CC(C)(C)C. The van der Waals surface area contributed by atoms with Gasteiger partial charge in [-0.05, 0) is 24.7 Å². The quantitative estimate of drug-likeness (QED) is 0.738. The highest BCUT2D eigenvalue weighted by molar-refractivity contribution is 5.93. The van der Waals surface area contributed by atoms with Crippen LogP contribution in [0.25, 0.3) is 0 Å². The minimum absolute atomic E-state index is 0.0314. The summed E-state index contributed by atoms with van der Waals surface area (Å²) < 4.78 is 9.97. The maximum atomic E-state index is 12.6. The number of carbonyl (C=O) groups is 2. The Morgan fingerprint density at radius 2 is 2.08 bits per heavy atom. The lowest BCUT2D eigenvalue weighted by Crippen LogP contribution is -2.40. The summed E-state index contributed by atoms with van der Waals surface area (Å²) in [7, 11) is 1.57. The van der Waals surface area contributed by atoms with E-state index in [4.69, 9.17) is 9.26 Å². The number of methoxy groups -OCH3 is 1. The Labute approximate surface area is 150 Å². The van der Waals surface area contributed by atoms with E-state index < -0.39 is 0 Å². The van der Waals surface area contributed by atoms with Crippen molar-refractivity contribution >= 4 is 17.6 Å². The number of aromatic nitrogens is 1. The molecule has 7 heteroatoms. The lowest BCUT2D eigenvalue weighted by atomic mass is 9.84. The predicted octanol–water partition coefficient (Wildman–Crippen LogP) is 2.86. The second-order valence-electron chi connectivity index (χ2n) is 7.75. The third-order valence-corrected chi connectivity index (χ3v) is 3.63. The van der Waals surface area contributed by atoms with Gasteiger partial charge in [0, 0.05) is 26.1 Å². The smallest absolute Gasteiger partial charge is 0.245 e. The summed E-state index contributed by atoms with van der Waals surface area (Å²) in [6.45, 7) is 11.0. The highest BCUT2D eigenvalue weighted by Crippen LogP contribution is 2.26. The van der Waals surface area contributed by atoms with Gasteiger partial charge < -0.3 is 19.5 Å². The summed E-state index contributed by atoms with van der Waals surface area (Å²) >= 11 is 0. The van der Waals surface area contributed by atoms with Crippen LogP contribution >= 0.6 is 0 Å². The van der Waals surface area contributed by atoms with Gasteiger partial charge >= 0.3 is 0 Å². The average Bonchev–Trinajstić information content (AvgIpc) is 2.86. The number of nitrogens with one attached hydrogen (secondary N) is 1. The van der Waals surface area contributed by atoms with Crippen LogP contribution in [0.4, 0.5) is 5.82 Å². The first kappa shape index (κ1) is 21.2. The van der Waals surface area contributed by atoms with Crippen LogP contribution in [0.3, 0.4) is 0 Å². The Kier molecular flexibility index (Phi) is 8.09. The van der Waals surface area contributed by atoms with Gasteiger partial charge in [0.15, 0.2) is 5.82 Å². The number of amides is 2. The first-order valence-electron chi connectivity index (χ1n) is 8.60. The highest BCUT2D eigenvalue weighted by Gasteiger charge is 2.22. The van der Waals surface area contributed by atoms with Gasteiger partial charge in [-0.2, -0.15) is 0 Å². The number of ether oxygens (including phenoxy) is 1. The second kappa shape index (κ2) is 9.56. The fourth-order valence-corrected chi connectivity index (χ4v) is 2.82. The molecule has 0 fully saturated rings. The van der Waals surface area contributed by atoms with Gasteiger partial charge in [0.25, 0.3) is 0 Å². The maximum absolute atomic E-state index is 12.6. The first-order valence-corrected chi connectivity index (χ1v) is 8.60. The van der Waals surface area contributed by atoms with Crippen molar-refractivity contribution in [1.29, 1.82) is 0 Å². The van der Waals surface area contributed by atoms with Crippen molar-refractivity contribution in [2.75, 3.05) is 32.1 Å². The summed E-state index contributed by atoms with van der Waals surface area (Å²) in [6.07, 6.45) is 1.36. The molecule has 0 aromatic carbocycles. The molecule has 0 aliphatic heterocycles. The number of hydrogen-bond acceptors (Lipinski definition) is 5. The zero-order chi connectivity index (χ0) is 19.0. The molecule has 0 radical (unpaired) electrons. The molecule has 0 saturated heterocycles. The molecule has 0 aliphatic rings. The number of nitrogens with zero attached hydrogens (tertiary/aromatic N) is 2. The number of hydrogen-bond donors (Lipinski definition) is 1. The Hall–Kier alpha value is -1.89. The Bertz CT molecular complexity index is 563. The summed E-state index contributed by atoms with van der Waals surface area (Å²) in [6, 6.07) is 1.63. The molecule has 1 N–H and O–H groups in total. The summed E-state index contributed by atoms with van der Waals surface area (Å²) in [5.74, 6) is 0.863. The Balaban J connectivity index is 2.62. The largest absolute Gasteiger partial charge is 0.383 e. The van der Waals surface area contributed by atoms with E-state index >= 15 is 0 Å². The van der Waals surface area contributed by atoms with E-state index in [9.17, 15) is 9.59 Å². The van der Waals surface area contributed by atoms with Gasteiger partial charge in [-0.3, -0.25) is 9.59 Å². The molecular weight excluding hydrogens is 322 g/mol. The molecule has 0 aliphatic carbocycles. The van der Waals surface area contributed by atoms with Gasteiger partial charge in [0.1, 0.15) is 5.76 Å². The first-order chi connectivity index (χ1) is 11.6. The molecule has 0 bridgehead atoms. The zero-order valence-electron chi connectivity index (χ0n) is 16.2. The van der Waals surface area contributed by atoms with Gasteiger partial charge in [-0.1, -0.05) is 32.9 Å². The van der Waals surface area contributed by atoms with E-state index in [1.54, 1.807) is 20.1 Å². The number of aryl methyl sites for hydroxylation is 1. The molecule has 0 saturated carbocycles. The van der Waals surface area contributed by atoms with Crippen molar-refractivity contribution < 1.29 is 18.8 Å². The molecular formula is C18H31N3O4. The van der Waals surface area contributed by atoms with E-state index in [1.165, 1.54) is 4.90 Å². The van der Waals surface area contributed by atoms with Crippen LogP contribution in [0.2, 0.25) is 0 Å². The van der Waals surface area contributed by atoms with Crippen LogP contribution in [0.5, 0.6) is 0 Å². The van der Waals surface area contributed by atoms with Crippen LogP contribution < -0.4 is 5.32 Å². The Morgan fingerprint density at radius 1 is 1.40 bits per heavy atom. The summed E-state index contributed by atoms with van der Waals surface area (Å²) in [5, 5.41) is 6.36. The third-order valence-electron chi connectivity index (χ3n) is 3.63. The monoisotopic (exact) mass is 353 g/mol. The number of rotatable bonds is 9.